The van der Waals surface area contributed by atoms with Crippen LogP contribution in [0.5, 0.6) is 5.75 Å². The second-order valence-electron chi connectivity index (χ2n) is 4.17. The molecule has 0 aliphatic carbocycles. The van der Waals surface area contributed by atoms with Crippen molar-refractivity contribution in [2.24, 2.45) is 0 Å². The molecule has 0 unspecified atom stereocenters. The Morgan fingerprint density at radius 1 is 1.32 bits per heavy atom. The molecule has 0 spiro atoms. The van der Waals surface area contributed by atoms with Crippen LogP contribution in [-0.4, -0.2) is 36.2 Å². The number of nitrogens with one attached hydrogen (secondary N) is 1. The second-order valence-corrected chi connectivity index (χ2v) is 4.17. The molecule has 0 amide bonds. The van der Waals surface area contributed by atoms with Gasteiger partial charge in [-0.1, -0.05) is 6.08 Å². The Hall–Kier alpha value is -0.810. The van der Waals surface area contributed by atoms with Gasteiger partial charge in [-0.05, 0) is 18.2 Å². The Morgan fingerprint density at radius 2 is 1.95 bits per heavy atom. The smallest absolute Gasteiger partial charge is 0.123 e. The highest BCUT2D eigenvalue weighted by atomic mass is 35.5. The summed E-state index contributed by atoms with van der Waals surface area (Å²) in [6, 6.07) is 3.90. The van der Waals surface area contributed by atoms with Gasteiger partial charge in [0, 0.05) is 31.7 Å². The number of phenols is 1. The average Bonchev–Trinajstić information content (AvgIpc) is 2.36. The number of piperazine rings is 1. The molecule has 1 saturated heterocycles. The first-order valence-electron chi connectivity index (χ1n) is 5.78. The highest BCUT2D eigenvalue weighted by Gasteiger charge is 2.22. The fraction of sp³-hybridized carbons (Fsp3) is 0.385. The van der Waals surface area contributed by atoms with Crippen LogP contribution in [0.25, 0.3) is 0 Å². The van der Waals surface area contributed by atoms with Gasteiger partial charge in [0.1, 0.15) is 11.6 Å². The lowest BCUT2D eigenvalue weighted by Crippen LogP contribution is -2.44. The SMILES string of the molecule is C=C[C@H](c1cc(F)ccc1O)N1CCNCC1.Cl.Cl. The number of rotatable bonds is 3. The largest absolute Gasteiger partial charge is 0.508 e. The number of benzene rings is 1. The van der Waals surface area contributed by atoms with Crippen molar-refractivity contribution in [3.8, 4) is 5.75 Å². The molecule has 2 N–H and O–H groups in total. The summed E-state index contributed by atoms with van der Waals surface area (Å²) in [6.07, 6.45) is 1.75. The van der Waals surface area contributed by atoms with E-state index in [1.54, 1.807) is 6.08 Å². The predicted molar refractivity (Wildman–Crippen MR) is 79.9 cm³/mol. The molecule has 0 aromatic heterocycles. The predicted octanol–water partition coefficient (Wildman–Crippen LogP) is 2.51. The van der Waals surface area contributed by atoms with Crippen molar-refractivity contribution < 1.29 is 9.50 Å². The molecule has 0 saturated carbocycles. The third kappa shape index (κ3) is 4.35. The molecule has 1 aliphatic heterocycles. The van der Waals surface area contributed by atoms with Crippen molar-refractivity contribution in [1.29, 1.82) is 0 Å². The highest BCUT2D eigenvalue weighted by Crippen LogP contribution is 2.30. The zero-order valence-corrected chi connectivity index (χ0v) is 12.1. The van der Waals surface area contributed by atoms with Crippen molar-refractivity contribution in [2.75, 3.05) is 26.2 Å². The van der Waals surface area contributed by atoms with E-state index in [9.17, 15) is 9.50 Å². The van der Waals surface area contributed by atoms with Crippen molar-refractivity contribution in [3.05, 3.63) is 42.2 Å². The number of phenolic OH excluding ortho intramolecular Hbond substituents is 1. The zero-order valence-electron chi connectivity index (χ0n) is 10.5. The van der Waals surface area contributed by atoms with Crippen LogP contribution in [0.3, 0.4) is 0 Å². The molecule has 19 heavy (non-hydrogen) atoms. The van der Waals surface area contributed by atoms with Crippen LogP contribution >= 0.6 is 24.8 Å². The molecule has 108 valence electrons. The summed E-state index contributed by atoms with van der Waals surface area (Å²) >= 11 is 0. The van der Waals surface area contributed by atoms with E-state index in [0.29, 0.717) is 5.56 Å². The van der Waals surface area contributed by atoms with E-state index >= 15 is 0 Å². The van der Waals surface area contributed by atoms with Gasteiger partial charge in [-0.25, -0.2) is 4.39 Å². The fourth-order valence-corrected chi connectivity index (χ4v) is 2.20. The molecule has 2 rings (SSSR count). The van der Waals surface area contributed by atoms with Crippen LogP contribution < -0.4 is 5.32 Å². The Balaban J connectivity index is 0.00000162. The van der Waals surface area contributed by atoms with Crippen molar-refractivity contribution >= 4 is 24.8 Å². The molecule has 1 aromatic rings. The molecule has 3 nitrogen and oxygen atoms in total. The molecular weight excluding hydrogens is 290 g/mol. The first-order chi connectivity index (χ1) is 8.22. The summed E-state index contributed by atoms with van der Waals surface area (Å²) in [6.45, 7) is 7.33. The zero-order chi connectivity index (χ0) is 12.3. The number of hydrogen-bond donors (Lipinski definition) is 2. The Labute approximate surface area is 125 Å². The van der Waals surface area contributed by atoms with Gasteiger partial charge in [0.25, 0.3) is 0 Å². The van der Waals surface area contributed by atoms with Crippen molar-refractivity contribution in [2.45, 2.75) is 6.04 Å². The summed E-state index contributed by atoms with van der Waals surface area (Å²) in [5, 5.41) is 13.1. The van der Waals surface area contributed by atoms with E-state index in [4.69, 9.17) is 0 Å². The summed E-state index contributed by atoms with van der Waals surface area (Å²) in [5.41, 5.74) is 0.585. The van der Waals surface area contributed by atoms with Crippen LogP contribution in [0.1, 0.15) is 11.6 Å². The third-order valence-corrected chi connectivity index (χ3v) is 3.08. The van der Waals surface area contributed by atoms with Crippen LogP contribution in [-0.2, 0) is 0 Å². The van der Waals surface area contributed by atoms with Gasteiger partial charge in [0.05, 0.1) is 6.04 Å². The van der Waals surface area contributed by atoms with E-state index in [0.717, 1.165) is 26.2 Å². The third-order valence-electron chi connectivity index (χ3n) is 3.08. The van der Waals surface area contributed by atoms with Crippen molar-refractivity contribution in [3.63, 3.8) is 0 Å². The molecule has 1 heterocycles. The molecule has 1 aromatic carbocycles. The summed E-state index contributed by atoms with van der Waals surface area (Å²) < 4.78 is 13.2. The minimum atomic E-state index is -0.334. The lowest BCUT2D eigenvalue weighted by molar-refractivity contribution is 0.200. The van der Waals surface area contributed by atoms with Gasteiger partial charge in [0.2, 0.25) is 0 Å². The van der Waals surface area contributed by atoms with Gasteiger partial charge < -0.3 is 10.4 Å². The Morgan fingerprint density at radius 3 is 2.53 bits per heavy atom. The molecule has 1 aliphatic rings. The number of halogens is 3. The van der Waals surface area contributed by atoms with Crippen LogP contribution in [0.4, 0.5) is 4.39 Å². The molecule has 0 bridgehead atoms. The lowest BCUT2D eigenvalue weighted by atomic mass is 10.0. The summed E-state index contributed by atoms with van der Waals surface area (Å²) in [7, 11) is 0. The maximum absolute atomic E-state index is 13.2. The minimum Gasteiger partial charge on any atom is -0.508 e. The topological polar surface area (TPSA) is 35.5 Å². The average molecular weight is 309 g/mol. The number of nitrogens with zero attached hydrogens (tertiary/aromatic N) is 1. The highest BCUT2D eigenvalue weighted by molar-refractivity contribution is 5.85. The Kier molecular flexibility index (Phi) is 8.02. The van der Waals surface area contributed by atoms with Crippen LogP contribution in [0, 0.1) is 5.82 Å². The summed E-state index contributed by atoms with van der Waals surface area (Å²) in [5.74, 6) is -0.213. The first kappa shape index (κ1) is 18.2. The maximum atomic E-state index is 13.2. The van der Waals surface area contributed by atoms with Gasteiger partial charge in [-0.15, -0.1) is 31.4 Å². The van der Waals surface area contributed by atoms with E-state index in [1.807, 2.05) is 0 Å². The molecule has 1 fully saturated rings. The minimum absolute atomic E-state index is 0. The fourth-order valence-electron chi connectivity index (χ4n) is 2.20. The first-order valence-corrected chi connectivity index (χ1v) is 5.78. The number of aromatic hydroxyl groups is 1. The van der Waals surface area contributed by atoms with Gasteiger partial charge in [-0.3, -0.25) is 4.90 Å². The normalized spacial score (nSPS) is 16.9. The van der Waals surface area contributed by atoms with E-state index < -0.39 is 0 Å². The van der Waals surface area contributed by atoms with E-state index in [1.165, 1.54) is 18.2 Å². The maximum Gasteiger partial charge on any atom is 0.123 e. The summed E-state index contributed by atoms with van der Waals surface area (Å²) in [4.78, 5) is 2.18. The molecule has 1 atom stereocenters. The Bertz CT molecular complexity index is 412. The van der Waals surface area contributed by atoms with Crippen molar-refractivity contribution in [1.82, 2.24) is 10.2 Å². The van der Waals surface area contributed by atoms with E-state index in [-0.39, 0.29) is 42.4 Å². The van der Waals surface area contributed by atoms with Crippen LogP contribution in [0.15, 0.2) is 30.9 Å². The monoisotopic (exact) mass is 308 g/mol. The lowest BCUT2D eigenvalue weighted by Gasteiger charge is -2.33. The molecule has 0 radical (unpaired) electrons. The standard InChI is InChI=1S/C13H17FN2O.2ClH/c1-2-12(16-7-5-15-6-8-16)11-9-10(14)3-4-13(11)17;;/h2-4,9,12,15,17H,1,5-8H2;2*1H/t12-;;/m1../s1. The molecule has 6 heteroatoms. The molecular formula is C13H19Cl2FN2O. The quantitative estimate of drug-likeness (QED) is 0.842. The van der Waals surface area contributed by atoms with E-state index in [2.05, 4.69) is 16.8 Å². The number of hydrogen-bond acceptors (Lipinski definition) is 3. The second kappa shape index (κ2) is 8.38. The van der Waals surface area contributed by atoms with Gasteiger partial charge >= 0.3 is 0 Å². The van der Waals surface area contributed by atoms with Gasteiger partial charge in [-0.2, -0.15) is 0 Å². The van der Waals surface area contributed by atoms with Crippen LogP contribution in [0.2, 0.25) is 0 Å². The van der Waals surface area contributed by atoms with Gasteiger partial charge in [0.15, 0.2) is 0 Å².